The fourth-order valence-corrected chi connectivity index (χ4v) is 4.53. The normalized spacial score (nSPS) is 19.7. The van der Waals surface area contributed by atoms with Crippen molar-refractivity contribution in [1.82, 2.24) is 4.98 Å². The number of pyridine rings is 1. The average Bonchev–Trinajstić information content (AvgIpc) is 3.25. The van der Waals surface area contributed by atoms with Crippen molar-refractivity contribution in [3.8, 4) is 0 Å². The molecule has 0 unspecified atom stereocenters. The van der Waals surface area contributed by atoms with Crippen LogP contribution >= 0.6 is 0 Å². The first-order chi connectivity index (χ1) is 26.6. The minimum Gasteiger partial charge on any atom is -0.411 e. The molecule has 0 amide bonds. The molecule has 5 rings (SSSR count). The van der Waals surface area contributed by atoms with Gasteiger partial charge in [-0.25, -0.2) is 0 Å². The van der Waals surface area contributed by atoms with Gasteiger partial charge in [0.2, 0.25) is 0 Å². The third-order valence-corrected chi connectivity index (χ3v) is 7.94. The molecule has 5 atom stereocenters. The summed E-state index contributed by atoms with van der Waals surface area (Å²) in [5.41, 5.74) is 4.39. The summed E-state index contributed by atoms with van der Waals surface area (Å²) in [6.45, 7) is 11.6. The Morgan fingerprint density at radius 1 is 0.589 bits per heavy atom. The van der Waals surface area contributed by atoms with Crippen molar-refractivity contribution >= 4 is 22.8 Å². The van der Waals surface area contributed by atoms with Crippen molar-refractivity contribution < 1.29 is 61.7 Å². The summed E-state index contributed by atoms with van der Waals surface area (Å²) >= 11 is 0. The van der Waals surface area contributed by atoms with Gasteiger partial charge in [-0.2, -0.15) is 0 Å². The van der Waals surface area contributed by atoms with E-state index in [9.17, 15) is 5.11 Å². The van der Waals surface area contributed by atoms with Gasteiger partial charge in [0.25, 0.3) is 0 Å². The summed E-state index contributed by atoms with van der Waals surface area (Å²) in [6, 6.07) is 35.5. The Bertz CT molecular complexity index is 1610. The molecule has 3 aromatic carbocycles. The number of ether oxygens (including phenoxy) is 4. The fourth-order valence-electron chi connectivity index (χ4n) is 4.53. The minimum atomic E-state index is -0.917. The first-order valence-electron chi connectivity index (χ1n) is 17.3. The second-order valence-electron chi connectivity index (χ2n) is 12.0. The van der Waals surface area contributed by atoms with E-state index in [0.29, 0.717) is 49.3 Å². The Morgan fingerprint density at radius 3 is 1.29 bits per heavy atom. The number of aliphatic hydroxyl groups is 1. The van der Waals surface area contributed by atoms with E-state index in [1.165, 1.54) is 27.7 Å². The van der Waals surface area contributed by atoms with Crippen LogP contribution in [0.3, 0.4) is 0 Å². The van der Waals surface area contributed by atoms with Gasteiger partial charge in [0.1, 0.15) is 41.2 Å². The van der Waals surface area contributed by atoms with E-state index in [-0.39, 0.29) is 16.8 Å². The molecule has 5 N–H and O–H groups in total. The third kappa shape index (κ3) is 19.0. The van der Waals surface area contributed by atoms with E-state index < -0.39 is 30.5 Å². The topological polar surface area (TPSA) is 200 Å². The molecule has 56 heavy (non-hydrogen) atoms. The zero-order valence-electron chi connectivity index (χ0n) is 31.9. The standard InChI is InChI=1S/C28H31O5.C5H5N.2C4H8N2O2.Co/c1-21-26(29)28(32-19-24-15-9-4-10-16-24)27(31-18-23-13-7-3-8-14-23)25(33-21)20-30-17-22-11-5-2-6-12-22;1-2-4-6-5-3-1;2*1-3(5-7)4(2)6-8;/h2-16,21,25-29H,1,17-20H2;1-5H;2*7-8H,1-2H3;/q-1;;;;/b;;2*5-3+,6-4+;/t21-,25-,26+,27-,28-;;;;/m1..../s1. The van der Waals surface area contributed by atoms with Gasteiger partial charge in [-0.15, -0.1) is 0 Å². The quantitative estimate of drug-likeness (QED) is 0.0439. The van der Waals surface area contributed by atoms with Gasteiger partial charge >= 0.3 is 0 Å². The molecule has 1 radical (unpaired) electrons. The maximum absolute atomic E-state index is 10.9. The summed E-state index contributed by atoms with van der Waals surface area (Å²) in [7, 11) is 0. The Labute approximate surface area is 339 Å². The number of aliphatic hydroxyl groups excluding tert-OH is 1. The van der Waals surface area contributed by atoms with Crippen LogP contribution in [-0.4, -0.2) is 90.9 Å². The van der Waals surface area contributed by atoms with Gasteiger partial charge in [-0.05, 0) is 62.6 Å². The number of aromatic nitrogens is 1. The van der Waals surface area contributed by atoms with Gasteiger partial charge < -0.3 is 51.8 Å². The zero-order chi connectivity index (χ0) is 40.3. The zero-order valence-corrected chi connectivity index (χ0v) is 32.9. The summed E-state index contributed by atoms with van der Waals surface area (Å²) in [4.78, 5) is 3.78. The molecule has 1 aliphatic heterocycles. The predicted octanol–water partition coefficient (Wildman–Crippen LogP) is 6.79. The molecule has 0 bridgehead atoms. The fraction of sp³-hybridized carbons (Fsp3) is 0.317. The van der Waals surface area contributed by atoms with Crippen LogP contribution in [-0.2, 0) is 55.5 Å². The monoisotopic (exact) mass is 817 g/mol. The van der Waals surface area contributed by atoms with Crippen LogP contribution in [0.25, 0.3) is 0 Å². The van der Waals surface area contributed by atoms with Crippen molar-refractivity contribution in [2.45, 2.75) is 78.0 Å². The molecular weight excluding hydrogens is 765 g/mol. The summed E-state index contributed by atoms with van der Waals surface area (Å²) in [5.74, 6) is 0. The molecule has 15 heteroatoms. The van der Waals surface area contributed by atoms with Crippen molar-refractivity contribution in [3.63, 3.8) is 0 Å². The van der Waals surface area contributed by atoms with E-state index in [2.05, 4.69) is 32.5 Å². The van der Waals surface area contributed by atoms with Crippen LogP contribution in [0.15, 0.2) is 142 Å². The number of hydrogen-bond acceptors (Lipinski definition) is 14. The maximum Gasteiger partial charge on any atom is 0.115 e. The van der Waals surface area contributed by atoms with Gasteiger partial charge in [-0.1, -0.05) is 118 Å². The largest absolute Gasteiger partial charge is 0.411 e. The molecule has 0 aliphatic carbocycles. The molecule has 0 saturated carbocycles. The van der Waals surface area contributed by atoms with Gasteiger partial charge in [0, 0.05) is 29.2 Å². The van der Waals surface area contributed by atoms with Crippen molar-refractivity contribution in [1.29, 1.82) is 0 Å². The Morgan fingerprint density at radius 2 is 0.946 bits per heavy atom. The minimum absolute atomic E-state index is 0. The Hall–Kier alpha value is -5.00. The van der Waals surface area contributed by atoms with E-state index >= 15 is 0 Å². The van der Waals surface area contributed by atoms with Gasteiger partial charge in [-0.3, -0.25) is 4.98 Å². The molecule has 1 aromatic heterocycles. The first-order valence-corrected chi connectivity index (χ1v) is 17.3. The van der Waals surface area contributed by atoms with Crippen LogP contribution in [0, 0.1) is 6.92 Å². The van der Waals surface area contributed by atoms with Crippen molar-refractivity contribution in [2.24, 2.45) is 20.6 Å². The molecule has 4 aromatic rings. The van der Waals surface area contributed by atoms with Crippen LogP contribution in [0.5, 0.6) is 0 Å². The summed E-state index contributed by atoms with van der Waals surface area (Å²) < 4.78 is 24.5. The summed E-state index contributed by atoms with van der Waals surface area (Å²) in [5, 5.41) is 54.1. The Kier molecular flexibility index (Phi) is 25.7. The molecule has 1 fully saturated rings. The third-order valence-electron chi connectivity index (χ3n) is 7.94. The second-order valence-corrected chi connectivity index (χ2v) is 12.0. The van der Waals surface area contributed by atoms with Crippen molar-refractivity contribution in [3.05, 3.63) is 145 Å². The smallest absolute Gasteiger partial charge is 0.115 e. The second kappa shape index (κ2) is 29.3. The van der Waals surface area contributed by atoms with Crippen molar-refractivity contribution in [2.75, 3.05) is 6.61 Å². The number of hydrogen-bond donors (Lipinski definition) is 5. The van der Waals surface area contributed by atoms with Crippen LogP contribution in [0.4, 0.5) is 0 Å². The molecule has 1 saturated heterocycles. The molecule has 305 valence electrons. The number of oxime groups is 4. The van der Waals surface area contributed by atoms with Crippen LogP contribution in [0.2, 0.25) is 0 Å². The van der Waals surface area contributed by atoms with Gasteiger partial charge in [0.15, 0.2) is 0 Å². The molecule has 2 heterocycles. The maximum atomic E-state index is 10.9. The Balaban J connectivity index is 0.000000554. The van der Waals surface area contributed by atoms with E-state index in [0.717, 1.165) is 16.7 Å². The average molecular weight is 818 g/mol. The van der Waals surface area contributed by atoms with E-state index in [1.807, 2.05) is 109 Å². The first kappa shape index (κ1) is 49.0. The summed E-state index contributed by atoms with van der Waals surface area (Å²) in [6.07, 6.45) is 0.393. The molecule has 14 nitrogen and oxygen atoms in total. The number of rotatable bonds is 12. The molecular formula is C41H52CoN5O9-. The van der Waals surface area contributed by atoms with Gasteiger partial charge in [0.05, 0.1) is 32.5 Å². The molecule has 0 spiro atoms. The SMILES string of the molecule is CC(=N\O)/C(C)=N/O.CC(=N\O)/C(C)=N/O.[CH2-][C@H]1O[C@H](COCc2ccccc2)[C@@H](OCc2ccccc2)[C@H](OCc2ccccc2)[C@H]1O.[Co].c1ccncc1. The number of benzene rings is 3. The van der Waals surface area contributed by atoms with Crippen LogP contribution in [0.1, 0.15) is 44.4 Å². The number of nitrogens with zero attached hydrogens (tertiary/aromatic N) is 5. The van der Waals surface area contributed by atoms with E-state index in [4.69, 9.17) is 39.8 Å². The van der Waals surface area contributed by atoms with E-state index in [1.54, 1.807) is 12.4 Å². The van der Waals surface area contributed by atoms with Crippen LogP contribution < -0.4 is 0 Å². The predicted molar refractivity (Wildman–Crippen MR) is 210 cm³/mol. The molecule has 1 aliphatic rings.